The molecule has 1 saturated carbocycles. The van der Waals surface area contributed by atoms with Gasteiger partial charge >= 0.3 is 0 Å². The molecule has 0 unspecified atom stereocenters. The van der Waals surface area contributed by atoms with Crippen LogP contribution < -0.4 is 14.4 Å². The number of nitrogens with one attached hydrogen (secondary N) is 1. The third-order valence-electron chi connectivity index (χ3n) is 9.06. The number of sulfonamides is 1. The number of carbonyl (C=O) groups excluding carboxylic acids is 1. The third kappa shape index (κ3) is 7.12. The molecular formula is C31H45FN6O4S. The van der Waals surface area contributed by atoms with Gasteiger partial charge in [-0.25, -0.2) is 27.5 Å². The smallest absolute Gasteiger partial charge is 0.258 e. The molecule has 2 saturated heterocycles. The molecule has 12 heteroatoms. The highest BCUT2D eigenvalue weighted by Gasteiger charge is 2.46. The average Bonchev–Trinajstić information content (AvgIpc) is 2.91. The Hall–Kier alpha value is -2.83. The van der Waals surface area contributed by atoms with Crippen LogP contribution in [0.25, 0.3) is 0 Å². The van der Waals surface area contributed by atoms with Crippen molar-refractivity contribution in [3.63, 3.8) is 0 Å². The van der Waals surface area contributed by atoms with E-state index in [2.05, 4.69) is 24.5 Å². The number of nitrogens with zero attached hydrogens (tertiary/aromatic N) is 5. The van der Waals surface area contributed by atoms with Crippen molar-refractivity contribution in [2.24, 2.45) is 11.3 Å². The number of ether oxygens (including phenoxy) is 1. The summed E-state index contributed by atoms with van der Waals surface area (Å²) in [7, 11) is -3.15. The average molecular weight is 617 g/mol. The molecule has 1 aliphatic carbocycles. The van der Waals surface area contributed by atoms with Crippen molar-refractivity contribution >= 4 is 21.7 Å². The Morgan fingerprint density at radius 1 is 1.14 bits per heavy atom. The fourth-order valence-electron chi connectivity index (χ4n) is 6.96. The van der Waals surface area contributed by atoms with E-state index in [1.165, 1.54) is 24.5 Å². The molecule has 1 aromatic carbocycles. The van der Waals surface area contributed by atoms with Gasteiger partial charge in [-0.3, -0.25) is 4.79 Å². The molecule has 3 aliphatic rings. The third-order valence-corrected chi connectivity index (χ3v) is 10.5. The lowest BCUT2D eigenvalue weighted by atomic mass is 9.67. The Bertz CT molecular complexity index is 1390. The molecule has 1 spiro atoms. The van der Waals surface area contributed by atoms with Crippen molar-refractivity contribution in [3.05, 3.63) is 42.1 Å². The summed E-state index contributed by atoms with van der Waals surface area (Å²) in [5.74, 6) is 1.21. The SMILES string of the molecule is CCS(=O)(=O)NC1CCC2(CC1)CN(CC1CN(c3ncncc3Oc3ccc(F)cc3C(=O)N(C(C)C)C(C)C)C1)C2. The number of halogens is 1. The van der Waals surface area contributed by atoms with E-state index in [0.29, 0.717) is 22.9 Å². The summed E-state index contributed by atoms with van der Waals surface area (Å²) in [6.07, 6.45) is 7.04. The molecule has 43 heavy (non-hydrogen) atoms. The molecule has 0 bridgehead atoms. The summed E-state index contributed by atoms with van der Waals surface area (Å²) >= 11 is 0. The highest BCUT2D eigenvalue weighted by molar-refractivity contribution is 7.89. The van der Waals surface area contributed by atoms with E-state index in [9.17, 15) is 17.6 Å². The number of likely N-dealkylation sites (tertiary alicyclic amines) is 1. The quantitative estimate of drug-likeness (QED) is 0.399. The Kier molecular flexibility index (Phi) is 9.29. The molecule has 1 aromatic heterocycles. The zero-order valence-electron chi connectivity index (χ0n) is 25.9. The van der Waals surface area contributed by atoms with Gasteiger partial charge in [0.15, 0.2) is 11.6 Å². The van der Waals surface area contributed by atoms with E-state index in [-0.39, 0.29) is 41.1 Å². The summed E-state index contributed by atoms with van der Waals surface area (Å²) in [6, 6.07) is 3.96. The number of hydrogen-bond acceptors (Lipinski definition) is 8. The molecule has 10 nitrogen and oxygen atoms in total. The fourth-order valence-corrected chi connectivity index (χ4v) is 7.87. The first-order valence-corrected chi connectivity index (χ1v) is 17.1. The van der Waals surface area contributed by atoms with Gasteiger partial charge in [-0.2, -0.15) is 0 Å². The first kappa shape index (κ1) is 31.6. The van der Waals surface area contributed by atoms with E-state index in [1.807, 2.05) is 27.7 Å². The van der Waals surface area contributed by atoms with Gasteiger partial charge in [0.25, 0.3) is 5.91 Å². The van der Waals surface area contributed by atoms with E-state index < -0.39 is 15.8 Å². The van der Waals surface area contributed by atoms with Crippen LogP contribution in [-0.2, 0) is 10.0 Å². The molecule has 3 fully saturated rings. The van der Waals surface area contributed by atoms with Crippen LogP contribution in [0, 0.1) is 17.2 Å². The molecule has 1 N–H and O–H groups in total. The van der Waals surface area contributed by atoms with E-state index in [1.54, 1.807) is 18.0 Å². The van der Waals surface area contributed by atoms with Gasteiger partial charge in [0.1, 0.15) is 17.9 Å². The highest BCUT2D eigenvalue weighted by Crippen LogP contribution is 2.45. The lowest BCUT2D eigenvalue weighted by molar-refractivity contribution is -0.0419. The van der Waals surface area contributed by atoms with Crippen LogP contribution in [0.2, 0.25) is 0 Å². The van der Waals surface area contributed by atoms with Crippen molar-refractivity contribution in [2.75, 3.05) is 43.4 Å². The van der Waals surface area contributed by atoms with E-state index in [4.69, 9.17) is 4.74 Å². The van der Waals surface area contributed by atoms with Crippen LogP contribution in [0.5, 0.6) is 11.5 Å². The fraction of sp³-hybridized carbons (Fsp3) is 0.645. The maximum Gasteiger partial charge on any atom is 0.258 e. The minimum absolute atomic E-state index is 0.0600. The first-order chi connectivity index (χ1) is 20.4. The number of aromatic nitrogens is 2. The summed E-state index contributed by atoms with van der Waals surface area (Å²) in [5.41, 5.74) is 0.498. The van der Waals surface area contributed by atoms with Crippen LogP contribution >= 0.6 is 0 Å². The second-order valence-electron chi connectivity index (χ2n) is 13.1. The summed E-state index contributed by atoms with van der Waals surface area (Å²) in [6.45, 7) is 14.3. The topological polar surface area (TPSA) is 108 Å². The van der Waals surface area contributed by atoms with E-state index >= 15 is 0 Å². The minimum Gasteiger partial charge on any atom is -0.451 e. The number of hydrogen-bond donors (Lipinski definition) is 1. The van der Waals surface area contributed by atoms with Gasteiger partial charge in [0.05, 0.1) is 17.5 Å². The van der Waals surface area contributed by atoms with Crippen molar-refractivity contribution < 1.29 is 22.3 Å². The number of amides is 1. The second-order valence-corrected chi connectivity index (χ2v) is 15.1. The number of carbonyl (C=O) groups is 1. The largest absolute Gasteiger partial charge is 0.451 e. The molecule has 2 aliphatic heterocycles. The van der Waals surface area contributed by atoms with Gasteiger partial charge < -0.3 is 19.4 Å². The maximum absolute atomic E-state index is 14.3. The van der Waals surface area contributed by atoms with Crippen molar-refractivity contribution in [2.45, 2.75) is 78.4 Å². The number of anilines is 1. The predicted octanol–water partition coefficient (Wildman–Crippen LogP) is 4.29. The predicted molar refractivity (Wildman–Crippen MR) is 164 cm³/mol. The van der Waals surface area contributed by atoms with Gasteiger partial charge in [-0.1, -0.05) is 0 Å². The van der Waals surface area contributed by atoms with Crippen LogP contribution in [0.3, 0.4) is 0 Å². The second kappa shape index (κ2) is 12.6. The van der Waals surface area contributed by atoms with Gasteiger partial charge in [-0.15, -0.1) is 0 Å². The Morgan fingerprint density at radius 3 is 2.44 bits per heavy atom. The summed E-state index contributed by atoms with van der Waals surface area (Å²) in [5, 5.41) is 0. The van der Waals surface area contributed by atoms with Crippen molar-refractivity contribution in [1.29, 1.82) is 0 Å². The zero-order chi connectivity index (χ0) is 30.9. The Balaban J connectivity index is 1.16. The van der Waals surface area contributed by atoms with Crippen LogP contribution in [0.4, 0.5) is 10.2 Å². The summed E-state index contributed by atoms with van der Waals surface area (Å²) in [4.78, 5) is 28.5. The molecule has 236 valence electrons. The number of rotatable bonds is 11. The van der Waals surface area contributed by atoms with Gasteiger partial charge in [-0.05, 0) is 83.9 Å². The molecule has 0 radical (unpaired) electrons. The maximum atomic E-state index is 14.3. The monoisotopic (exact) mass is 616 g/mol. The molecular weight excluding hydrogens is 571 g/mol. The first-order valence-electron chi connectivity index (χ1n) is 15.5. The van der Waals surface area contributed by atoms with Crippen LogP contribution in [-0.4, -0.2) is 90.7 Å². The zero-order valence-corrected chi connectivity index (χ0v) is 26.7. The van der Waals surface area contributed by atoms with Crippen LogP contribution in [0.15, 0.2) is 30.7 Å². The minimum atomic E-state index is -3.15. The molecule has 3 heterocycles. The molecule has 5 rings (SSSR count). The summed E-state index contributed by atoms with van der Waals surface area (Å²) < 4.78 is 47.2. The molecule has 1 amide bonds. The number of benzene rings is 1. The molecule has 2 aromatic rings. The van der Waals surface area contributed by atoms with E-state index in [0.717, 1.165) is 58.4 Å². The Labute approximate surface area is 255 Å². The van der Waals surface area contributed by atoms with Crippen LogP contribution in [0.1, 0.15) is 70.7 Å². The van der Waals surface area contributed by atoms with Crippen molar-refractivity contribution in [1.82, 2.24) is 24.5 Å². The standard InChI is InChI=1S/C31H45FN6O4S/c1-6-43(40,41)35-25-9-11-31(12-10-25)18-36(19-31)15-23-16-37(17-23)29-28(14-33-20-34-29)42-27-8-7-24(32)13-26(27)30(39)38(21(2)3)22(4)5/h7-8,13-14,20-23,25,35H,6,9-12,15-19H2,1-5H3. The lowest BCUT2D eigenvalue weighted by Gasteiger charge is -2.55. The van der Waals surface area contributed by atoms with Gasteiger partial charge in [0.2, 0.25) is 10.0 Å². The normalized spacial score (nSPS) is 19.5. The van der Waals surface area contributed by atoms with Gasteiger partial charge in [0, 0.05) is 56.8 Å². The lowest BCUT2D eigenvalue weighted by Crippen LogP contribution is -2.62. The Morgan fingerprint density at radius 2 is 1.81 bits per heavy atom. The van der Waals surface area contributed by atoms with Crippen molar-refractivity contribution in [3.8, 4) is 11.5 Å². The highest BCUT2D eigenvalue weighted by atomic mass is 32.2. The molecule has 0 atom stereocenters.